The monoisotopic (exact) mass is 364 g/mol. The number of benzene rings is 2. The normalized spacial score (nSPS) is 17.2. The molecule has 1 unspecified atom stereocenters. The smallest absolute Gasteiger partial charge is 0.146 e. The molecule has 1 atom stereocenters. The Labute approximate surface area is 157 Å². The first-order chi connectivity index (χ1) is 13.1. The molecule has 2 N–H and O–H groups in total. The van der Waals surface area contributed by atoms with E-state index in [1.165, 1.54) is 17.7 Å². The molecule has 27 heavy (non-hydrogen) atoms. The van der Waals surface area contributed by atoms with Gasteiger partial charge in [0.15, 0.2) is 0 Å². The maximum atomic E-state index is 13.2. The number of nitrogens with zero attached hydrogens (tertiary/aromatic N) is 3. The average molecular weight is 364 g/mol. The van der Waals surface area contributed by atoms with Crippen LogP contribution in [0.3, 0.4) is 0 Å². The van der Waals surface area contributed by atoms with E-state index >= 15 is 0 Å². The molecule has 0 fully saturated rings. The number of rotatable bonds is 3. The van der Waals surface area contributed by atoms with Gasteiger partial charge in [0.2, 0.25) is 0 Å². The van der Waals surface area contributed by atoms with E-state index < -0.39 is 0 Å². The van der Waals surface area contributed by atoms with Gasteiger partial charge in [0.1, 0.15) is 23.5 Å². The maximum absolute atomic E-state index is 13.2. The number of hydrogen-bond acceptors (Lipinski definition) is 5. The van der Waals surface area contributed by atoms with E-state index in [9.17, 15) is 4.39 Å². The van der Waals surface area contributed by atoms with Crippen LogP contribution in [0.15, 0.2) is 54.6 Å². The van der Waals surface area contributed by atoms with Crippen LogP contribution in [-0.2, 0) is 6.54 Å². The van der Waals surface area contributed by atoms with Crippen LogP contribution in [0.2, 0.25) is 0 Å². The zero-order valence-corrected chi connectivity index (χ0v) is 15.1. The van der Waals surface area contributed by atoms with Crippen molar-refractivity contribution in [2.75, 3.05) is 19.3 Å². The molecule has 1 aliphatic heterocycles. The summed E-state index contributed by atoms with van der Waals surface area (Å²) in [6, 6.07) is 16.1. The van der Waals surface area contributed by atoms with Crippen molar-refractivity contribution in [3.05, 3.63) is 71.5 Å². The first-order valence-electron chi connectivity index (χ1n) is 8.91. The largest absolute Gasteiger partial charge is 0.486 e. The molecule has 0 bridgehead atoms. The van der Waals surface area contributed by atoms with Crippen LogP contribution in [0.1, 0.15) is 23.7 Å². The van der Waals surface area contributed by atoms with E-state index in [1.54, 1.807) is 18.2 Å². The predicted molar refractivity (Wildman–Crippen MR) is 103 cm³/mol. The van der Waals surface area contributed by atoms with E-state index in [0.717, 1.165) is 36.3 Å². The van der Waals surface area contributed by atoms with Gasteiger partial charge in [0, 0.05) is 25.1 Å². The first-order valence-corrected chi connectivity index (χ1v) is 8.91. The van der Waals surface area contributed by atoms with Crippen molar-refractivity contribution in [3.8, 4) is 17.0 Å². The van der Waals surface area contributed by atoms with E-state index in [0.29, 0.717) is 11.6 Å². The highest BCUT2D eigenvalue weighted by atomic mass is 19.1. The molecule has 5 nitrogen and oxygen atoms in total. The SMILES string of the molecule is CN1CCC(Oc2ccc(F)cc2)c2ccc(-c3ccc(N)nn3)cc2C1. The van der Waals surface area contributed by atoms with Crippen molar-refractivity contribution >= 4 is 5.82 Å². The van der Waals surface area contributed by atoms with Crippen LogP contribution >= 0.6 is 0 Å². The van der Waals surface area contributed by atoms with Gasteiger partial charge >= 0.3 is 0 Å². The highest BCUT2D eigenvalue weighted by Gasteiger charge is 2.23. The molecule has 0 radical (unpaired) electrons. The third kappa shape index (κ3) is 3.90. The molecule has 0 aliphatic carbocycles. The van der Waals surface area contributed by atoms with Crippen molar-refractivity contribution in [2.45, 2.75) is 19.1 Å². The lowest BCUT2D eigenvalue weighted by atomic mass is 9.97. The van der Waals surface area contributed by atoms with Crippen LogP contribution in [0.25, 0.3) is 11.3 Å². The van der Waals surface area contributed by atoms with Gasteiger partial charge in [0.05, 0.1) is 5.69 Å². The quantitative estimate of drug-likeness (QED) is 0.765. The molecule has 0 saturated carbocycles. The molecule has 1 aliphatic rings. The van der Waals surface area contributed by atoms with Crippen LogP contribution < -0.4 is 10.5 Å². The zero-order chi connectivity index (χ0) is 18.8. The molecule has 6 heteroatoms. The lowest BCUT2D eigenvalue weighted by molar-refractivity contribution is 0.182. The zero-order valence-electron chi connectivity index (χ0n) is 15.1. The summed E-state index contributed by atoms with van der Waals surface area (Å²) >= 11 is 0. The maximum Gasteiger partial charge on any atom is 0.146 e. The van der Waals surface area contributed by atoms with Gasteiger partial charge in [0.25, 0.3) is 0 Å². The molecular formula is C21H21FN4O. The second kappa shape index (κ2) is 7.32. The summed E-state index contributed by atoms with van der Waals surface area (Å²) in [4.78, 5) is 2.27. The number of hydrogen-bond donors (Lipinski definition) is 1. The highest BCUT2D eigenvalue weighted by Crippen LogP contribution is 2.33. The first kappa shape index (κ1) is 17.4. The van der Waals surface area contributed by atoms with E-state index in [2.05, 4.69) is 34.3 Å². The third-order valence-corrected chi connectivity index (χ3v) is 4.78. The molecule has 2 heterocycles. The predicted octanol–water partition coefficient (Wildman–Crippen LogP) is 3.82. The Bertz CT molecular complexity index is 928. The number of halogens is 1. The summed E-state index contributed by atoms with van der Waals surface area (Å²) in [5, 5.41) is 8.12. The van der Waals surface area contributed by atoms with Crippen molar-refractivity contribution in [2.24, 2.45) is 0 Å². The van der Waals surface area contributed by atoms with E-state index in [-0.39, 0.29) is 11.9 Å². The van der Waals surface area contributed by atoms with Crippen LogP contribution in [0.4, 0.5) is 10.2 Å². The van der Waals surface area contributed by atoms with Gasteiger partial charge in [-0.3, -0.25) is 0 Å². The fourth-order valence-corrected chi connectivity index (χ4v) is 3.38. The minimum absolute atomic E-state index is 0.0815. The van der Waals surface area contributed by atoms with Crippen molar-refractivity contribution < 1.29 is 9.13 Å². The molecule has 138 valence electrons. The number of fused-ring (bicyclic) bond motifs is 1. The molecule has 0 saturated heterocycles. The fraction of sp³-hybridized carbons (Fsp3) is 0.238. The van der Waals surface area contributed by atoms with Crippen LogP contribution in [0.5, 0.6) is 5.75 Å². The molecule has 3 aromatic rings. The Balaban J connectivity index is 1.67. The molecule has 0 amide bonds. The molecule has 2 aromatic carbocycles. The number of nitrogens with two attached hydrogens (primary N) is 1. The van der Waals surface area contributed by atoms with Crippen molar-refractivity contribution in [3.63, 3.8) is 0 Å². The minimum atomic E-state index is -0.266. The Morgan fingerprint density at radius 2 is 1.89 bits per heavy atom. The van der Waals surface area contributed by atoms with Gasteiger partial charge in [-0.15, -0.1) is 10.2 Å². The summed E-state index contributed by atoms with van der Waals surface area (Å²) < 4.78 is 19.4. The summed E-state index contributed by atoms with van der Waals surface area (Å²) in [7, 11) is 2.10. The van der Waals surface area contributed by atoms with E-state index in [4.69, 9.17) is 10.5 Å². The third-order valence-electron chi connectivity index (χ3n) is 4.78. The number of nitrogen functional groups attached to an aromatic ring is 1. The van der Waals surface area contributed by atoms with E-state index in [1.807, 2.05) is 12.1 Å². The Hall–Kier alpha value is -2.99. The van der Waals surface area contributed by atoms with Gasteiger partial charge in [-0.1, -0.05) is 12.1 Å². The molecular weight excluding hydrogens is 343 g/mol. The summed E-state index contributed by atoms with van der Waals surface area (Å²) in [6.07, 6.45) is 0.781. The molecule has 4 rings (SSSR count). The fourth-order valence-electron chi connectivity index (χ4n) is 3.38. The standard InChI is InChI=1S/C21H21FN4O/c1-26-11-10-20(27-17-5-3-16(22)4-6-17)18-7-2-14(12-15(18)13-26)19-8-9-21(23)25-24-19/h2-9,12,20H,10-11,13H2,1H3,(H2,23,25). The van der Waals surface area contributed by atoms with Gasteiger partial charge < -0.3 is 15.4 Å². The average Bonchev–Trinajstić information content (AvgIpc) is 2.82. The van der Waals surface area contributed by atoms with Crippen LogP contribution in [-0.4, -0.2) is 28.7 Å². The summed E-state index contributed by atoms with van der Waals surface area (Å²) in [5.74, 6) is 0.809. The lowest BCUT2D eigenvalue weighted by Gasteiger charge is -2.20. The topological polar surface area (TPSA) is 64.3 Å². The van der Waals surface area contributed by atoms with Crippen molar-refractivity contribution in [1.29, 1.82) is 0 Å². The molecule has 0 spiro atoms. The van der Waals surface area contributed by atoms with Gasteiger partial charge in [-0.25, -0.2) is 4.39 Å². The summed E-state index contributed by atoms with van der Waals surface area (Å²) in [5.41, 5.74) is 9.76. The Morgan fingerprint density at radius 3 is 2.63 bits per heavy atom. The van der Waals surface area contributed by atoms with Crippen molar-refractivity contribution in [1.82, 2.24) is 15.1 Å². The minimum Gasteiger partial charge on any atom is -0.486 e. The van der Waals surface area contributed by atoms with Crippen LogP contribution in [0, 0.1) is 5.82 Å². The highest BCUT2D eigenvalue weighted by molar-refractivity contribution is 5.61. The van der Waals surface area contributed by atoms with Gasteiger partial charge in [-0.05, 0) is 60.6 Å². The lowest BCUT2D eigenvalue weighted by Crippen LogP contribution is -2.18. The number of aromatic nitrogens is 2. The number of anilines is 1. The van der Waals surface area contributed by atoms with Gasteiger partial charge in [-0.2, -0.15) is 0 Å². The molecule has 1 aromatic heterocycles. The second-order valence-electron chi connectivity index (χ2n) is 6.84. The Morgan fingerprint density at radius 1 is 1.07 bits per heavy atom. The number of ether oxygens (including phenoxy) is 1. The summed E-state index contributed by atoms with van der Waals surface area (Å²) in [6.45, 7) is 1.74. The Kier molecular flexibility index (Phi) is 4.73. The second-order valence-corrected chi connectivity index (χ2v) is 6.84.